The van der Waals surface area contributed by atoms with Gasteiger partial charge >= 0.3 is 0 Å². The van der Waals surface area contributed by atoms with Crippen LogP contribution in [0.2, 0.25) is 0 Å². The van der Waals surface area contributed by atoms with E-state index < -0.39 is 0 Å². The molecule has 4 aromatic rings. The predicted octanol–water partition coefficient (Wildman–Crippen LogP) is 3.37. The van der Waals surface area contributed by atoms with Gasteiger partial charge in [0.25, 0.3) is 5.56 Å². The fourth-order valence-corrected chi connectivity index (χ4v) is 3.53. The SMILES string of the molecule is Cc1ccc2cc(CN(Cc3ccco3)Cc3nnnn3C(C)(C)C)c(=O)[nH]c2c1. The molecule has 0 aliphatic heterocycles. The molecule has 1 N–H and O–H groups in total. The van der Waals surface area contributed by atoms with Gasteiger partial charge in [-0.3, -0.25) is 9.69 Å². The molecule has 3 aromatic heterocycles. The summed E-state index contributed by atoms with van der Waals surface area (Å²) in [6, 6.07) is 11.8. The summed E-state index contributed by atoms with van der Waals surface area (Å²) < 4.78 is 7.36. The van der Waals surface area contributed by atoms with Gasteiger partial charge in [-0.15, -0.1) is 5.10 Å². The number of furan rings is 1. The van der Waals surface area contributed by atoms with Crippen molar-refractivity contribution >= 4 is 10.9 Å². The fourth-order valence-electron chi connectivity index (χ4n) is 3.53. The molecule has 0 amide bonds. The highest BCUT2D eigenvalue weighted by Gasteiger charge is 2.22. The second-order valence-electron chi connectivity index (χ2n) is 8.62. The highest BCUT2D eigenvalue weighted by Crippen LogP contribution is 2.18. The van der Waals surface area contributed by atoms with Gasteiger partial charge in [0.1, 0.15) is 5.76 Å². The van der Waals surface area contributed by atoms with Gasteiger partial charge in [-0.05, 0) is 73.3 Å². The molecule has 0 bridgehead atoms. The molecule has 0 saturated carbocycles. The molecule has 0 aliphatic carbocycles. The standard InChI is InChI=1S/C22H26N6O2/c1-15-7-8-16-11-17(21(29)23-19(16)10-15)12-27(13-18-6-5-9-30-18)14-20-24-25-26-28(20)22(2,3)4/h5-11H,12-14H2,1-4H3,(H,23,29). The zero-order valence-electron chi connectivity index (χ0n) is 17.7. The fraction of sp³-hybridized carbons (Fsp3) is 0.364. The van der Waals surface area contributed by atoms with Crippen LogP contribution in [0.4, 0.5) is 0 Å². The van der Waals surface area contributed by atoms with E-state index in [0.717, 1.165) is 28.1 Å². The molecular formula is C22H26N6O2. The van der Waals surface area contributed by atoms with Crippen molar-refractivity contribution in [3.63, 3.8) is 0 Å². The largest absolute Gasteiger partial charge is 0.468 e. The van der Waals surface area contributed by atoms with Crippen LogP contribution in [0.3, 0.4) is 0 Å². The van der Waals surface area contributed by atoms with E-state index in [4.69, 9.17) is 4.42 Å². The minimum absolute atomic E-state index is 0.0899. The molecule has 0 radical (unpaired) electrons. The Kier molecular flexibility index (Phi) is 5.26. The maximum Gasteiger partial charge on any atom is 0.252 e. The van der Waals surface area contributed by atoms with E-state index in [1.807, 2.05) is 48.0 Å². The summed E-state index contributed by atoms with van der Waals surface area (Å²) in [5.74, 6) is 1.56. The van der Waals surface area contributed by atoms with Crippen molar-refractivity contribution in [1.29, 1.82) is 0 Å². The number of aromatic amines is 1. The molecule has 0 aliphatic rings. The number of fused-ring (bicyclic) bond motifs is 1. The monoisotopic (exact) mass is 406 g/mol. The Morgan fingerprint density at radius 2 is 1.97 bits per heavy atom. The van der Waals surface area contributed by atoms with Crippen LogP contribution in [0.25, 0.3) is 10.9 Å². The number of aryl methyl sites for hydroxylation is 1. The first-order valence-corrected chi connectivity index (χ1v) is 9.94. The van der Waals surface area contributed by atoms with Crippen LogP contribution in [0, 0.1) is 6.92 Å². The van der Waals surface area contributed by atoms with Crippen LogP contribution in [-0.4, -0.2) is 30.1 Å². The van der Waals surface area contributed by atoms with E-state index in [2.05, 4.69) is 46.2 Å². The first-order chi connectivity index (χ1) is 14.3. The Morgan fingerprint density at radius 3 is 2.70 bits per heavy atom. The first kappa shape index (κ1) is 20.0. The molecule has 30 heavy (non-hydrogen) atoms. The van der Waals surface area contributed by atoms with E-state index in [0.29, 0.717) is 25.2 Å². The van der Waals surface area contributed by atoms with Crippen molar-refractivity contribution in [2.75, 3.05) is 0 Å². The van der Waals surface area contributed by atoms with Crippen molar-refractivity contribution in [1.82, 2.24) is 30.1 Å². The number of rotatable bonds is 6. The molecule has 4 rings (SSSR count). The third-order valence-corrected chi connectivity index (χ3v) is 4.97. The molecule has 0 fully saturated rings. The van der Waals surface area contributed by atoms with Crippen LogP contribution in [-0.2, 0) is 25.2 Å². The van der Waals surface area contributed by atoms with Gasteiger partial charge in [0.05, 0.1) is 24.9 Å². The maximum atomic E-state index is 12.8. The normalized spacial score (nSPS) is 12.2. The molecular weight excluding hydrogens is 380 g/mol. The lowest BCUT2D eigenvalue weighted by Gasteiger charge is -2.24. The average molecular weight is 406 g/mol. The van der Waals surface area contributed by atoms with Gasteiger partial charge in [0, 0.05) is 17.6 Å². The Hall–Kier alpha value is -3.26. The number of nitrogens with one attached hydrogen (secondary N) is 1. The molecule has 156 valence electrons. The van der Waals surface area contributed by atoms with E-state index in [-0.39, 0.29) is 11.1 Å². The summed E-state index contributed by atoms with van der Waals surface area (Å²) in [4.78, 5) is 17.9. The third-order valence-electron chi connectivity index (χ3n) is 4.97. The average Bonchev–Trinajstić information content (AvgIpc) is 3.34. The van der Waals surface area contributed by atoms with Crippen LogP contribution >= 0.6 is 0 Å². The van der Waals surface area contributed by atoms with E-state index in [1.165, 1.54) is 0 Å². The first-order valence-electron chi connectivity index (χ1n) is 9.94. The van der Waals surface area contributed by atoms with Crippen molar-refractivity contribution in [3.05, 3.63) is 75.7 Å². The number of pyridine rings is 1. The third kappa shape index (κ3) is 4.33. The second kappa shape index (κ2) is 7.87. The number of aromatic nitrogens is 5. The Labute approximate surface area is 174 Å². The van der Waals surface area contributed by atoms with Gasteiger partial charge in [-0.25, -0.2) is 4.68 Å². The molecule has 0 spiro atoms. The van der Waals surface area contributed by atoms with Crippen molar-refractivity contribution in [2.24, 2.45) is 0 Å². The summed E-state index contributed by atoms with van der Waals surface area (Å²) in [6.07, 6.45) is 1.65. The second-order valence-corrected chi connectivity index (χ2v) is 8.62. The van der Waals surface area contributed by atoms with E-state index in [9.17, 15) is 4.79 Å². The Morgan fingerprint density at radius 1 is 1.13 bits per heavy atom. The van der Waals surface area contributed by atoms with Gasteiger partial charge in [0.2, 0.25) is 0 Å². The molecule has 0 saturated heterocycles. The van der Waals surface area contributed by atoms with E-state index >= 15 is 0 Å². The highest BCUT2D eigenvalue weighted by atomic mass is 16.3. The van der Waals surface area contributed by atoms with Gasteiger partial charge in [-0.2, -0.15) is 0 Å². The minimum atomic E-state index is -0.243. The topological polar surface area (TPSA) is 92.8 Å². The summed E-state index contributed by atoms with van der Waals surface area (Å²) >= 11 is 0. The zero-order chi connectivity index (χ0) is 21.3. The molecule has 0 atom stereocenters. The summed E-state index contributed by atoms with van der Waals surface area (Å²) in [7, 11) is 0. The van der Waals surface area contributed by atoms with E-state index in [1.54, 1.807) is 6.26 Å². The molecule has 8 heteroatoms. The summed E-state index contributed by atoms with van der Waals surface area (Å²) in [5, 5.41) is 13.2. The predicted molar refractivity (Wildman–Crippen MR) is 114 cm³/mol. The van der Waals surface area contributed by atoms with Crippen LogP contribution < -0.4 is 5.56 Å². The van der Waals surface area contributed by atoms with Crippen molar-refractivity contribution in [3.8, 4) is 0 Å². The number of hydrogen-bond acceptors (Lipinski definition) is 6. The van der Waals surface area contributed by atoms with Gasteiger partial charge in [0.15, 0.2) is 5.82 Å². The van der Waals surface area contributed by atoms with Crippen molar-refractivity contribution in [2.45, 2.75) is 52.9 Å². The molecule has 8 nitrogen and oxygen atoms in total. The molecule has 0 unspecified atom stereocenters. The maximum absolute atomic E-state index is 12.8. The quantitative estimate of drug-likeness (QED) is 0.528. The van der Waals surface area contributed by atoms with Crippen LogP contribution in [0.15, 0.2) is 51.9 Å². The lowest BCUT2D eigenvalue weighted by molar-refractivity contribution is 0.207. The number of nitrogens with zero attached hydrogens (tertiary/aromatic N) is 5. The molecule has 3 heterocycles. The Balaban J connectivity index is 1.66. The minimum Gasteiger partial charge on any atom is -0.468 e. The summed E-state index contributed by atoms with van der Waals surface area (Å²) in [5.41, 5.74) is 2.31. The lowest BCUT2D eigenvalue weighted by atomic mass is 10.1. The Bertz CT molecular complexity index is 1200. The van der Waals surface area contributed by atoms with Gasteiger partial charge in [-0.1, -0.05) is 12.1 Å². The zero-order valence-corrected chi connectivity index (χ0v) is 17.7. The highest BCUT2D eigenvalue weighted by molar-refractivity contribution is 5.79. The number of benzene rings is 1. The number of tetrazole rings is 1. The van der Waals surface area contributed by atoms with Gasteiger partial charge < -0.3 is 9.40 Å². The van der Waals surface area contributed by atoms with Crippen molar-refractivity contribution < 1.29 is 4.42 Å². The number of hydrogen-bond donors (Lipinski definition) is 1. The lowest BCUT2D eigenvalue weighted by Crippen LogP contribution is -2.31. The number of H-pyrrole nitrogens is 1. The molecule has 1 aromatic carbocycles. The van der Waals surface area contributed by atoms with Crippen LogP contribution in [0.5, 0.6) is 0 Å². The van der Waals surface area contributed by atoms with Crippen LogP contribution in [0.1, 0.15) is 43.5 Å². The summed E-state index contributed by atoms with van der Waals surface area (Å²) in [6.45, 7) is 9.64. The smallest absolute Gasteiger partial charge is 0.252 e.